The van der Waals surface area contributed by atoms with Gasteiger partial charge in [-0.1, -0.05) is 58.3 Å². The van der Waals surface area contributed by atoms with Gasteiger partial charge in [0.05, 0.1) is 0 Å². The van der Waals surface area contributed by atoms with Crippen molar-refractivity contribution in [1.82, 2.24) is 0 Å². The van der Waals surface area contributed by atoms with E-state index in [0.29, 0.717) is 5.78 Å². The molecule has 1 heterocycles. The second-order valence-electron chi connectivity index (χ2n) is 5.75. The van der Waals surface area contributed by atoms with Crippen LogP contribution in [0.25, 0.3) is 0 Å². The average molecular weight is 295 g/mol. The number of hydrogen-bond acceptors (Lipinski definition) is 2. The molecule has 2 heteroatoms. The molecule has 0 aliphatic carbocycles. The van der Waals surface area contributed by atoms with Crippen LogP contribution >= 0.6 is 11.3 Å². The van der Waals surface area contributed by atoms with E-state index in [1.165, 1.54) is 56.9 Å². The SMILES string of the molecule is CCCCCCCCCCCC(=O)CCc1ccsc1. The lowest BCUT2D eigenvalue weighted by Crippen LogP contribution is -1.99. The lowest BCUT2D eigenvalue weighted by Gasteiger charge is -2.02. The first-order valence-electron chi connectivity index (χ1n) is 8.35. The highest BCUT2D eigenvalue weighted by Gasteiger charge is 2.03. The minimum absolute atomic E-state index is 0.444. The Kier molecular flexibility index (Phi) is 10.6. The molecule has 0 saturated heterocycles. The number of hydrogen-bond donors (Lipinski definition) is 0. The van der Waals surface area contributed by atoms with E-state index in [1.807, 2.05) is 0 Å². The summed E-state index contributed by atoms with van der Waals surface area (Å²) in [5, 5.41) is 4.23. The molecular formula is C18H30OS. The Bertz CT molecular complexity index is 329. The fourth-order valence-corrected chi connectivity index (χ4v) is 3.18. The van der Waals surface area contributed by atoms with E-state index in [2.05, 4.69) is 23.8 Å². The predicted octanol–water partition coefficient (Wildman–Crippen LogP) is 6.17. The van der Waals surface area contributed by atoms with Crippen molar-refractivity contribution < 1.29 is 4.79 Å². The van der Waals surface area contributed by atoms with Gasteiger partial charge in [0.2, 0.25) is 0 Å². The van der Waals surface area contributed by atoms with Gasteiger partial charge in [-0.2, -0.15) is 11.3 Å². The first-order valence-corrected chi connectivity index (χ1v) is 9.30. The first-order chi connectivity index (χ1) is 9.83. The first kappa shape index (κ1) is 17.4. The van der Waals surface area contributed by atoms with Gasteiger partial charge in [-0.3, -0.25) is 4.79 Å². The zero-order valence-electron chi connectivity index (χ0n) is 13.0. The van der Waals surface area contributed by atoms with Gasteiger partial charge in [0.25, 0.3) is 0 Å². The highest BCUT2D eigenvalue weighted by atomic mass is 32.1. The van der Waals surface area contributed by atoms with Crippen molar-refractivity contribution in [3.63, 3.8) is 0 Å². The molecule has 1 aromatic rings. The number of aryl methyl sites for hydroxylation is 1. The van der Waals surface area contributed by atoms with Crippen molar-refractivity contribution in [1.29, 1.82) is 0 Å². The molecule has 0 aromatic carbocycles. The van der Waals surface area contributed by atoms with Crippen LogP contribution in [0.4, 0.5) is 0 Å². The van der Waals surface area contributed by atoms with Crippen LogP contribution in [0.15, 0.2) is 16.8 Å². The Labute approximate surface area is 128 Å². The molecule has 0 aliphatic heterocycles. The van der Waals surface area contributed by atoms with Gasteiger partial charge < -0.3 is 0 Å². The van der Waals surface area contributed by atoms with Gasteiger partial charge in [-0.25, -0.2) is 0 Å². The number of rotatable bonds is 13. The maximum Gasteiger partial charge on any atom is 0.133 e. The smallest absolute Gasteiger partial charge is 0.133 e. The zero-order valence-corrected chi connectivity index (χ0v) is 13.9. The molecule has 0 spiro atoms. The summed E-state index contributed by atoms with van der Waals surface area (Å²) in [6.07, 6.45) is 14.3. The van der Waals surface area contributed by atoms with E-state index in [1.54, 1.807) is 11.3 Å². The van der Waals surface area contributed by atoms with Crippen molar-refractivity contribution in [2.24, 2.45) is 0 Å². The van der Waals surface area contributed by atoms with Crippen LogP contribution in [0, 0.1) is 0 Å². The number of Topliss-reactive ketones (excluding diaryl/α,β-unsaturated/α-hetero) is 1. The summed E-state index contributed by atoms with van der Waals surface area (Å²) in [5.74, 6) is 0.444. The van der Waals surface area contributed by atoms with E-state index in [4.69, 9.17) is 0 Å². The third-order valence-corrected chi connectivity index (χ3v) is 4.56. The predicted molar refractivity (Wildman–Crippen MR) is 89.5 cm³/mol. The summed E-state index contributed by atoms with van der Waals surface area (Å²) in [6, 6.07) is 2.12. The quantitative estimate of drug-likeness (QED) is 0.397. The number of carbonyl (C=O) groups excluding carboxylic acids is 1. The Morgan fingerprint density at radius 1 is 0.950 bits per heavy atom. The molecule has 0 saturated carbocycles. The monoisotopic (exact) mass is 294 g/mol. The van der Waals surface area contributed by atoms with E-state index < -0.39 is 0 Å². The largest absolute Gasteiger partial charge is 0.300 e. The summed E-state index contributed by atoms with van der Waals surface area (Å²) in [5.41, 5.74) is 1.32. The van der Waals surface area contributed by atoms with Crippen LogP contribution in [0.3, 0.4) is 0 Å². The van der Waals surface area contributed by atoms with Crippen molar-refractivity contribution >= 4 is 17.1 Å². The zero-order chi connectivity index (χ0) is 14.5. The molecule has 1 aromatic heterocycles. The number of ketones is 1. The molecule has 1 nitrogen and oxygen atoms in total. The second kappa shape index (κ2) is 12.1. The topological polar surface area (TPSA) is 17.1 Å². The van der Waals surface area contributed by atoms with E-state index in [9.17, 15) is 4.79 Å². The normalized spacial score (nSPS) is 10.8. The molecule has 0 bridgehead atoms. The Morgan fingerprint density at radius 3 is 2.20 bits per heavy atom. The Balaban J connectivity index is 1.84. The molecule has 1 rings (SSSR count). The highest BCUT2D eigenvalue weighted by molar-refractivity contribution is 7.07. The summed E-state index contributed by atoms with van der Waals surface area (Å²) in [6.45, 7) is 2.26. The minimum Gasteiger partial charge on any atom is -0.300 e. The van der Waals surface area contributed by atoms with Crippen LogP contribution in [-0.2, 0) is 11.2 Å². The maximum atomic E-state index is 11.7. The number of unbranched alkanes of at least 4 members (excludes halogenated alkanes) is 8. The van der Waals surface area contributed by atoms with Gasteiger partial charge in [-0.15, -0.1) is 0 Å². The fourth-order valence-electron chi connectivity index (χ4n) is 2.48. The third kappa shape index (κ3) is 9.30. The number of carbonyl (C=O) groups is 1. The van der Waals surface area contributed by atoms with Gasteiger partial charge in [0.1, 0.15) is 5.78 Å². The number of thiophene rings is 1. The van der Waals surface area contributed by atoms with Crippen molar-refractivity contribution in [2.75, 3.05) is 0 Å². The second-order valence-corrected chi connectivity index (χ2v) is 6.53. The Morgan fingerprint density at radius 2 is 1.60 bits per heavy atom. The molecule has 0 aliphatic rings. The van der Waals surface area contributed by atoms with E-state index in [0.717, 1.165) is 25.7 Å². The van der Waals surface area contributed by atoms with E-state index in [-0.39, 0.29) is 0 Å². The van der Waals surface area contributed by atoms with Crippen molar-refractivity contribution in [3.8, 4) is 0 Å². The molecule has 0 N–H and O–H groups in total. The molecular weight excluding hydrogens is 264 g/mol. The van der Waals surface area contributed by atoms with Crippen molar-refractivity contribution in [3.05, 3.63) is 22.4 Å². The van der Waals surface area contributed by atoms with Gasteiger partial charge in [-0.05, 0) is 35.2 Å². The Hall–Kier alpha value is -0.630. The molecule has 0 atom stereocenters. The maximum absolute atomic E-state index is 11.7. The van der Waals surface area contributed by atoms with Gasteiger partial charge in [0, 0.05) is 12.8 Å². The van der Waals surface area contributed by atoms with Crippen LogP contribution in [0.2, 0.25) is 0 Å². The molecule has 20 heavy (non-hydrogen) atoms. The average Bonchev–Trinajstić information content (AvgIpc) is 2.96. The van der Waals surface area contributed by atoms with Crippen LogP contribution < -0.4 is 0 Å². The van der Waals surface area contributed by atoms with Crippen LogP contribution in [-0.4, -0.2) is 5.78 Å². The van der Waals surface area contributed by atoms with E-state index >= 15 is 0 Å². The molecule has 0 amide bonds. The minimum atomic E-state index is 0.444. The molecule has 114 valence electrons. The van der Waals surface area contributed by atoms with Gasteiger partial charge in [0.15, 0.2) is 0 Å². The highest BCUT2D eigenvalue weighted by Crippen LogP contribution is 2.12. The van der Waals surface area contributed by atoms with Crippen LogP contribution in [0.1, 0.15) is 83.1 Å². The van der Waals surface area contributed by atoms with Crippen molar-refractivity contribution in [2.45, 2.75) is 84.0 Å². The lowest BCUT2D eigenvalue weighted by atomic mass is 10.0. The molecule has 0 fully saturated rings. The van der Waals surface area contributed by atoms with Crippen LogP contribution in [0.5, 0.6) is 0 Å². The molecule has 0 unspecified atom stereocenters. The standard InChI is InChI=1S/C18H30OS/c1-2-3-4-5-6-7-8-9-10-11-18(19)13-12-17-14-15-20-16-17/h14-16H,2-13H2,1H3. The third-order valence-electron chi connectivity index (χ3n) is 3.83. The summed E-state index contributed by atoms with van der Waals surface area (Å²) in [4.78, 5) is 11.7. The fraction of sp³-hybridized carbons (Fsp3) is 0.722. The molecule has 0 radical (unpaired) electrons. The summed E-state index contributed by atoms with van der Waals surface area (Å²) < 4.78 is 0. The lowest BCUT2D eigenvalue weighted by molar-refractivity contribution is -0.119. The van der Waals surface area contributed by atoms with Gasteiger partial charge >= 0.3 is 0 Å². The summed E-state index contributed by atoms with van der Waals surface area (Å²) in [7, 11) is 0. The summed E-state index contributed by atoms with van der Waals surface area (Å²) >= 11 is 1.71.